The third kappa shape index (κ3) is 2.84. The number of hydrogen-bond acceptors (Lipinski definition) is 4. The molecule has 0 radical (unpaired) electrons. The van der Waals surface area contributed by atoms with Crippen LogP contribution in [-0.2, 0) is 6.54 Å². The van der Waals surface area contributed by atoms with Gasteiger partial charge >= 0.3 is 0 Å². The molecule has 0 spiro atoms. The van der Waals surface area contributed by atoms with E-state index in [1.165, 1.54) is 12.1 Å². The molecular weight excluding hydrogens is 270 g/mol. The van der Waals surface area contributed by atoms with Crippen molar-refractivity contribution in [3.8, 4) is 5.75 Å². The summed E-state index contributed by atoms with van der Waals surface area (Å²) in [5.74, 6) is 0.494. The summed E-state index contributed by atoms with van der Waals surface area (Å²) >= 11 is 0. The summed E-state index contributed by atoms with van der Waals surface area (Å²) in [6.45, 7) is 1.05. The smallest absolute Gasteiger partial charge is 0.273 e. The molecule has 0 bridgehead atoms. The van der Waals surface area contributed by atoms with E-state index in [-0.39, 0.29) is 5.69 Å². The molecule has 2 aromatic carbocycles. The quantitative estimate of drug-likeness (QED) is 0.533. The Balaban J connectivity index is 1.66. The fourth-order valence-corrected chi connectivity index (χ4v) is 2.14. The summed E-state index contributed by atoms with van der Waals surface area (Å²) in [6, 6.07) is 14.0. The Morgan fingerprint density at radius 3 is 2.90 bits per heavy atom. The van der Waals surface area contributed by atoms with Gasteiger partial charge in [0.1, 0.15) is 12.4 Å². The molecule has 0 amide bonds. The third-order valence-electron chi connectivity index (χ3n) is 3.16. The summed E-state index contributed by atoms with van der Waals surface area (Å²) in [7, 11) is 0. The lowest BCUT2D eigenvalue weighted by Crippen LogP contribution is -2.07. The lowest BCUT2D eigenvalue weighted by Gasteiger charge is -2.07. The molecule has 0 aliphatic rings. The van der Waals surface area contributed by atoms with Crippen LogP contribution in [0.5, 0.6) is 5.75 Å². The van der Waals surface area contributed by atoms with Crippen LogP contribution < -0.4 is 4.74 Å². The fourth-order valence-electron chi connectivity index (χ4n) is 2.14. The van der Waals surface area contributed by atoms with Crippen LogP contribution in [0, 0.1) is 10.1 Å². The number of fused-ring (bicyclic) bond motifs is 1. The van der Waals surface area contributed by atoms with Crippen LogP contribution in [0.15, 0.2) is 54.9 Å². The minimum Gasteiger partial charge on any atom is -0.491 e. The van der Waals surface area contributed by atoms with Crippen LogP contribution in [0.3, 0.4) is 0 Å². The van der Waals surface area contributed by atoms with Crippen molar-refractivity contribution in [2.24, 2.45) is 0 Å². The maximum atomic E-state index is 10.7. The molecule has 3 aromatic rings. The van der Waals surface area contributed by atoms with Gasteiger partial charge in [-0.25, -0.2) is 4.98 Å². The highest BCUT2D eigenvalue weighted by Crippen LogP contribution is 2.19. The number of nitrogens with zero attached hydrogens (tertiary/aromatic N) is 3. The molecular formula is C15H13N3O3. The van der Waals surface area contributed by atoms with Gasteiger partial charge < -0.3 is 9.30 Å². The van der Waals surface area contributed by atoms with Crippen molar-refractivity contribution < 1.29 is 9.66 Å². The Hall–Kier alpha value is -2.89. The molecule has 0 fully saturated rings. The highest BCUT2D eigenvalue weighted by atomic mass is 16.6. The standard InChI is InChI=1S/C15H13N3O3/c19-18(20)12-4-3-5-13(10-12)21-9-8-17-11-16-14-6-1-2-7-15(14)17/h1-7,10-11H,8-9H2. The largest absolute Gasteiger partial charge is 0.491 e. The first-order valence-electron chi connectivity index (χ1n) is 6.51. The van der Waals surface area contributed by atoms with Crippen molar-refractivity contribution in [1.82, 2.24) is 9.55 Å². The molecule has 0 atom stereocenters. The fraction of sp³-hybridized carbons (Fsp3) is 0.133. The van der Waals surface area contributed by atoms with Crippen LogP contribution in [-0.4, -0.2) is 21.1 Å². The van der Waals surface area contributed by atoms with E-state index in [1.807, 2.05) is 28.8 Å². The van der Waals surface area contributed by atoms with Gasteiger partial charge in [-0.15, -0.1) is 0 Å². The number of ether oxygens (including phenoxy) is 1. The zero-order chi connectivity index (χ0) is 14.7. The van der Waals surface area contributed by atoms with Gasteiger partial charge in [0.05, 0.1) is 34.9 Å². The monoisotopic (exact) mass is 283 g/mol. The van der Waals surface area contributed by atoms with Gasteiger partial charge in [0.15, 0.2) is 0 Å². The van der Waals surface area contributed by atoms with E-state index in [4.69, 9.17) is 4.74 Å². The first kappa shape index (κ1) is 13.1. The maximum absolute atomic E-state index is 10.7. The number of nitro groups is 1. The van der Waals surface area contributed by atoms with Gasteiger partial charge in [0.2, 0.25) is 0 Å². The number of imidazole rings is 1. The first-order valence-corrected chi connectivity index (χ1v) is 6.51. The van der Waals surface area contributed by atoms with Crippen molar-refractivity contribution in [3.05, 3.63) is 65.0 Å². The van der Waals surface area contributed by atoms with Crippen molar-refractivity contribution in [1.29, 1.82) is 0 Å². The van der Waals surface area contributed by atoms with E-state index in [2.05, 4.69) is 4.98 Å². The molecule has 1 aromatic heterocycles. The summed E-state index contributed by atoms with van der Waals surface area (Å²) in [4.78, 5) is 14.6. The van der Waals surface area contributed by atoms with Gasteiger partial charge in [-0.05, 0) is 18.2 Å². The predicted molar refractivity (Wildman–Crippen MR) is 78.3 cm³/mol. The molecule has 0 unspecified atom stereocenters. The molecule has 21 heavy (non-hydrogen) atoms. The summed E-state index contributed by atoms with van der Waals surface area (Å²) in [5.41, 5.74) is 2.01. The van der Waals surface area contributed by atoms with E-state index < -0.39 is 4.92 Å². The first-order chi connectivity index (χ1) is 10.2. The van der Waals surface area contributed by atoms with Crippen LogP contribution in [0.1, 0.15) is 0 Å². The predicted octanol–water partition coefficient (Wildman–Crippen LogP) is 3.02. The van der Waals surface area contributed by atoms with Gasteiger partial charge in [-0.1, -0.05) is 18.2 Å². The number of non-ortho nitro benzene ring substituents is 1. The van der Waals surface area contributed by atoms with Crippen LogP contribution in [0.25, 0.3) is 11.0 Å². The molecule has 0 aliphatic carbocycles. The SMILES string of the molecule is O=[N+]([O-])c1cccc(OCCn2cnc3ccccc32)c1. The van der Waals surface area contributed by atoms with Crippen molar-refractivity contribution in [2.75, 3.05) is 6.61 Å². The number of para-hydroxylation sites is 2. The Labute approximate surface area is 120 Å². The molecule has 0 saturated carbocycles. The Kier molecular flexibility index (Phi) is 3.51. The number of nitro benzene ring substituents is 1. The number of hydrogen-bond donors (Lipinski definition) is 0. The van der Waals surface area contributed by atoms with Crippen LogP contribution >= 0.6 is 0 Å². The summed E-state index contributed by atoms with van der Waals surface area (Å²) in [6.07, 6.45) is 1.77. The second kappa shape index (κ2) is 5.62. The van der Waals surface area contributed by atoms with E-state index >= 15 is 0 Å². The van der Waals surface area contributed by atoms with Crippen LogP contribution in [0.4, 0.5) is 5.69 Å². The third-order valence-corrected chi connectivity index (χ3v) is 3.16. The molecule has 106 valence electrons. The summed E-state index contributed by atoms with van der Waals surface area (Å²) < 4.78 is 7.56. The van der Waals surface area contributed by atoms with Gasteiger partial charge in [-0.2, -0.15) is 0 Å². The minimum atomic E-state index is -0.434. The zero-order valence-corrected chi connectivity index (χ0v) is 11.2. The van der Waals surface area contributed by atoms with Crippen LogP contribution in [0.2, 0.25) is 0 Å². The molecule has 6 nitrogen and oxygen atoms in total. The van der Waals surface area contributed by atoms with E-state index in [1.54, 1.807) is 18.5 Å². The second-order valence-corrected chi connectivity index (χ2v) is 4.53. The van der Waals surface area contributed by atoms with Gasteiger partial charge in [0.25, 0.3) is 5.69 Å². The highest BCUT2D eigenvalue weighted by Gasteiger charge is 2.06. The Bertz CT molecular complexity index is 782. The lowest BCUT2D eigenvalue weighted by molar-refractivity contribution is -0.384. The minimum absolute atomic E-state index is 0.0283. The molecule has 3 rings (SSSR count). The average molecular weight is 283 g/mol. The molecule has 0 N–H and O–H groups in total. The highest BCUT2D eigenvalue weighted by molar-refractivity contribution is 5.74. The van der Waals surface area contributed by atoms with Crippen molar-refractivity contribution in [2.45, 2.75) is 6.54 Å². The van der Waals surface area contributed by atoms with Gasteiger partial charge in [-0.3, -0.25) is 10.1 Å². The van der Waals surface area contributed by atoms with E-state index in [0.717, 1.165) is 11.0 Å². The Morgan fingerprint density at radius 1 is 1.19 bits per heavy atom. The summed E-state index contributed by atoms with van der Waals surface area (Å²) in [5, 5.41) is 10.7. The molecule has 6 heteroatoms. The zero-order valence-electron chi connectivity index (χ0n) is 11.2. The molecule has 1 heterocycles. The van der Waals surface area contributed by atoms with E-state index in [9.17, 15) is 10.1 Å². The number of aromatic nitrogens is 2. The second-order valence-electron chi connectivity index (χ2n) is 4.53. The lowest BCUT2D eigenvalue weighted by atomic mass is 10.3. The maximum Gasteiger partial charge on any atom is 0.273 e. The number of benzene rings is 2. The molecule has 0 saturated heterocycles. The van der Waals surface area contributed by atoms with Crippen molar-refractivity contribution >= 4 is 16.7 Å². The number of rotatable bonds is 5. The molecule has 0 aliphatic heterocycles. The van der Waals surface area contributed by atoms with Crippen molar-refractivity contribution in [3.63, 3.8) is 0 Å². The normalized spacial score (nSPS) is 10.7. The van der Waals surface area contributed by atoms with E-state index in [0.29, 0.717) is 18.9 Å². The van der Waals surface area contributed by atoms with Gasteiger partial charge in [0, 0.05) is 6.07 Å². The topological polar surface area (TPSA) is 70.2 Å². The average Bonchev–Trinajstić information content (AvgIpc) is 2.91. The Morgan fingerprint density at radius 2 is 2.05 bits per heavy atom.